The van der Waals surface area contributed by atoms with Crippen LogP contribution in [-0.4, -0.2) is 10.4 Å². The van der Waals surface area contributed by atoms with Crippen LogP contribution in [-0.2, 0) is 7.05 Å². The minimum Gasteiger partial charge on any atom is -0.408 e. The largest absolute Gasteiger partial charge is 0.419 e. The van der Waals surface area contributed by atoms with Crippen molar-refractivity contribution >= 4 is 16.9 Å². The Morgan fingerprint density at radius 1 is 1.14 bits per heavy atom. The summed E-state index contributed by atoms with van der Waals surface area (Å²) in [5.41, 5.74) is 4.35. The summed E-state index contributed by atoms with van der Waals surface area (Å²) in [5, 5.41) is 0. The maximum Gasteiger partial charge on any atom is 0.419 e. The van der Waals surface area contributed by atoms with Crippen molar-refractivity contribution in [2.24, 2.45) is 7.05 Å². The quantitative estimate of drug-likeness (QED) is 0.678. The zero-order chi connectivity index (χ0) is 15.1. The van der Waals surface area contributed by atoms with E-state index in [9.17, 15) is 9.59 Å². The van der Waals surface area contributed by atoms with E-state index in [1.54, 1.807) is 25.2 Å². The first-order chi connectivity index (χ1) is 9.99. The maximum atomic E-state index is 12.6. The molecule has 0 aliphatic carbocycles. The number of fused-ring (bicyclic) bond motifs is 1. The van der Waals surface area contributed by atoms with Crippen LogP contribution in [0.5, 0.6) is 0 Å². The summed E-state index contributed by atoms with van der Waals surface area (Å²) in [6.45, 7) is 3.91. The van der Waals surface area contributed by atoms with Gasteiger partial charge in [0.25, 0.3) is 0 Å². The zero-order valence-corrected chi connectivity index (χ0v) is 12.1. The zero-order valence-electron chi connectivity index (χ0n) is 12.1. The Hall–Kier alpha value is -2.62. The van der Waals surface area contributed by atoms with Crippen LogP contribution >= 0.6 is 0 Å². The summed E-state index contributed by atoms with van der Waals surface area (Å²) in [6, 6.07) is 10.7. The van der Waals surface area contributed by atoms with Crippen LogP contribution in [0.1, 0.15) is 27.0 Å². The summed E-state index contributed by atoms with van der Waals surface area (Å²) in [4.78, 5) is 24.1. The fraction of sp³-hybridized carbons (Fsp3) is 0.176. The number of ketones is 1. The second-order valence-electron chi connectivity index (χ2n) is 5.19. The molecule has 0 spiro atoms. The molecule has 106 valence electrons. The van der Waals surface area contributed by atoms with Crippen molar-refractivity contribution in [1.29, 1.82) is 0 Å². The van der Waals surface area contributed by atoms with Crippen molar-refractivity contribution in [2.45, 2.75) is 13.8 Å². The second kappa shape index (κ2) is 4.74. The Balaban J connectivity index is 2.14. The third-order valence-electron chi connectivity index (χ3n) is 3.90. The van der Waals surface area contributed by atoms with E-state index in [-0.39, 0.29) is 5.78 Å². The Morgan fingerprint density at radius 3 is 2.67 bits per heavy atom. The van der Waals surface area contributed by atoms with E-state index in [2.05, 4.69) is 0 Å². The first kappa shape index (κ1) is 13.4. The van der Waals surface area contributed by atoms with Gasteiger partial charge in [-0.1, -0.05) is 18.2 Å². The lowest BCUT2D eigenvalue weighted by molar-refractivity contribution is 0.103. The van der Waals surface area contributed by atoms with E-state index < -0.39 is 5.76 Å². The number of nitrogens with zero attached hydrogens (tertiary/aromatic N) is 1. The van der Waals surface area contributed by atoms with E-state index in [1.807, 2.05) is 32.0 Å². The van der Waals surface area contributed by atoms with Gasteiger partial charge in [0.2, 0.25) is 0 Å². The van der Waals surface area contributed by atoms with Gasteiger partial charge in [0.1, 0.15) is 0 Å². The van der Waals surface area contributed by atoms with Gasteiger partial charge < -0.3 is 4.42 Å². The van der Waals surface area contributed by atoms with Gasteiger partial charge in [-0.15, -0.1) is 0 Å². The smallest absolute Gasteiger partial charge is 0.408 e. The summed E-state index contributed by atoms with van der Waals surface area (Å²) >= 11 is 0. The average Bonchev–Trinajstić information content (AvgIpc) is 2.76. The summed E-state index contributed by atoms with van der Waals surface area (Å²) < 4.78 is 6.55. The van der Waals surface area contributed by atoms with Crippen LogP contribution in [0, 0.1) is 13.8 Å². The maximum absolute atomic E-state index is 12.6. The van der Waals surface area contributed by atoms with Crippen molar-refractivity contribution in [3.8, 4) is 0 Å². The first-order valence-electron chi connectivity index (χ1n) is 6.69. The van der Waals surface area contributed by atoms with Gasteiger partial charge in [0.15, 0.2) is 11.4 Å². The Bertz CT molecular complexity index is 915. The van der Waals surface area contributed by atoms with Crippen LogP contribution < -0.4 is 5.76 Å². The number of rotatable bonds is 2. The normalized spacial score (nSPS) is 11.0. The minimum absolute atomic E-state index is 0.0652. The molecule has 0 saturated carbocycles. The number of hydrogen-bond donors (Lipinski definition) is 0. The molecule has 0 aliphatic heterocycles. The number of aromatic nitrogens is 1. The summed E-state index contributed by atoms with van der Waals surface area (Å²) in [6.07, 6.45) is 0. The highest BCUT2D eigenvalue weighted by atomic mass is 16.4. The standard InChI is InChI=1S/C17H15NO3/c1-10-5-4-6-13(11(10)2)16(19)12-7-8-14-15(9-12)21-17(20)18(14)3/h4-9H,1-3H3. The van der Waals surface area contributed by atoms with Crippen LogP contribution in [0.25, 0.3) is 11.1 Å². The molecule has 0 fully saturated rings. The monoisotopic (exact) mass is 281 g/mol. The second-order valence-corrected chi connectivity index (χ2v) is 5.19. The molecule has 0 aliphatic rings. The molecule has 1 aromatic heterocycles. The molecular weight excluding hydrogens is 266 g/mol. The Kier molecular flexibility index (Phi) is 3.01. The molecule has 4 nitrogen and oxygen atoms in total. The number of hydrogen-bond acceptors (Lipinski definition) is 3. The van der Waals surface area contributed by atoms with Gasteiger partial charge in [-0.3, -0.25) is 9.36 Å². The molecule has 3 aromatic rings. The number of carbonyl (C=O) groups is 1. The van der Waals surface area contributed by atoms with Crippen LogP contribution in [0.15, 0.2) is 45.6 Å². The Labute approximate surface area is 121 Å². The molecule has 21 heavy (non-hydrogen) atoms. The molecule has 3 rings (SSSR count). The minimum atomic E-state index is -0.429. The topological polar surface area (TPSA) is 52.2 Å². The van der Waals surface area contributed by atoms with E-state index in [0.29, 0.717) is 22.2 Å². The van der Waals surface area contributed by atoms with Crippen LogP contribution in [0.2, 0.25) is 0 Å². The molecule has 0 amide bonds. The van der Waals surface area contributed by atoms with Gasteiger partial charge in [0, 0.05) is 18.2 Å². The van der Waals surface area contributed by atoms with Crippen molar-refractivity contribution in [2.75, 3.05) is 0 Å². The lowest BCUT2D eigenvalue weighted by Gasteiger charge is -2.07. The van der Waals surface area contributed by atoms with Gasteiger partial charge in [0.05, 0.1) is 5.52 Å². The highest BCUT2D eigenvalue weighted by Crippen LogP contribution is 2.20. The fourth-order valence-corrected chi connectivity index (χ4v) is 2.43. The van der Waals surface area contributed by atoms with Crippen LogP contribution in [0.3, 0.4) is 0 Å². The van der Waals surface area contributed by atoms with Crippen molar-refractivity contribution in [3.05, 3.63) is 69.2 Å². The molecule has 2 aromatic carbocycles. The molecule has 1 heterocycles. The van der Waals surface area contributed by atoms with Crippen molar-refractivity contribution < 1.29 is 9.21 Å². The molecule has 0 radical (unpaired) electrons. The number of aryl methyl sites for hydroxylation is 2. The molecule has 4 heteroatoms. The molecule has 0 unspecified atom stereocenters. The van der Waals surface area contributed by atoms with Crippen molar-refractivity contribution in [3.63, 3.8) is 0 Å². The van der Waals surface area contributed by atoms with Crippen LogP contribution in [0.4, 0.5) is 0 Å². The van der Waals surface area contributed by atoms with E-state index >= 15 is 0 Å². The average molecular weight is 281 g/mol. The predicted octanol–water partition coefficient (Wildman–Crippen LogP) is 2.98. The number of oxazole rings is 1. The molecule has 0 bridgehead atoms. The molecule has 0 N–H and O–H groups in total. The summed E-state index contributed by atoms with van der Waals surface area (Å²) in [5.74, 6) is -0.495. The predicted molar refractivity (Wildman–Crippen MR) is 80.8 cm³/mol. The van der Waals surface area contributed by atoms with Gasteiger partial charge in [-0.25, -0.2) is 4.79 Å². The third kappa shape index (κ3) is 2.09. The SMILES string of the molecule is Cc1cccc(C(=O)c2ccc3c(c2)oc(=O)n3C)c1C. The molecule has 0 atom stereocenters. The third-order valence-corrected chi connectivity index (χ3v) is 3.90. The molecular formula is C17H15NO3. The first-order valence-corrected chi connectivity index (χ1v) is 6.69. The lowest BCUT2D eigenvalue weighted by Crippen LogP contribution is -2.08. The van der Waals surface area contributed by atoms with E-state index in [0.717, 1.165) is 11.1 Å². The van der Waals surface area contributed by atoms with Gasteiger partial charge >= 0.3 is 5.76 Å². The fourth-order valence-electron chi connectivity index (χ4n) is 2.43. The van der Waals surface area contributed by atoms with Crippen molar-refractivity contribution in [1.82, 2.24) is 4.57 Å². The highest BCUT2D eigenvalue weighted by molar-refractivity contribution is 6.11. The summed E-state index contributed by atoms with van der Waals surface area (Å²) in [7, 11) is 1.64. The number of benzene rings is 2. The Morgan fingerprint density at radius 2 is 1.90 bits per heavy atom. The highest BCUT2D eigenvalue weighted by Gasteiger charge is 2.15. The molecule has 0 saturated heterocycles. The van der Waals surface area contributed by atoms with E-state index in [4.69, 9.17) is 4.42 Å². The van der Waals surface area contributed by atoms with E-state index in [1.165, 1.54) is 4.57 Å². The number of carbonyl (C=O) groups excluding carboxylic acids is 1. The lowest BCUT2D eigenvalue weighted by atomic mass is 9.96. The van der Waals surface area contributed by atoms with Gasteiger partial charge in [-0.05, 0) is 43.2 Å². The van der Waals surface area contributed by atoms with Gasteiger partial charge in [-0.2, -0.15) is 0 Å².